The minimum absolute atomic E-state index is 0.909. The highest BCUT2D eigenvalue weighted by Gasteiger charge is 2.16. The maximum atomic E-state index is 4.70. The summed E-state index contributed by atoms with van der Waals surface area (Å²) in [7, 11) is 0. The number of imidazole rings is 1. The van der Waals surface area contributed by atoms with Crippen molar-refractivity contribution in [2.75, 3.05) is 31.1 Å². The molecule has 106 valence electrons. The first-order chi connectivity index (χ1) is 10.4. The zero-order valence-corrected chi connectivity index (χ0v) is 11.7. The summed E-state index contributed by atoms with van der Waals surface area (Å²) in [5, 5.41) is 3.39. The molecule has 0 atom stereocenters. The van der Waals surface area contributed by atoms with Crippen LogP contribution in [0.25, 0.3) is 22.4 Å². The highest BCUT2D eigenvalue weighted by Crippen LogP contribution is 2.30. The molecule has 2 N–H and O–H groups in total. The van der Waals surface area contributed by atoms with Crippen molar-refractivity contribution in [1.29, 1.82) is 0 Å². The molecule has 3 aromatic rings. The molecule has 0 spiro atoms. The number of aromatic nitrogens is 3. The smallest absolute Gasteiger partial charge is 0.140 e. The third kappa shape index (κ3) is 2.25. The predicted molar refractivity (Wildman–Crippen MR) is 84.4 cm³/mol. The fourth-order valence-corrected chi connectivity index (χ4v) is 2.84. The van der Waals surface area contributed by atoms with Gasteiger partial charge in [-0.05, 0) is 18.2 Å². The lowest BCUT2D eigenvalue weighted by Gasteiger charge is -2.30. The largest absolute Gasteiger partial charge is 0.368 e. The zero-order chi connectivity index (χ0) is 14.1. The van der Waals surface area contributed by atoms with Gasteiger partial charge in [0, 0.05) is 43.6 Å². The van der Waals surface area contributed by atoms with Gasteiger partial charge in [0.15, 0.2) is 0 Å². The van der Waals surface area contributed by atoms with Gasteiger partial charge in [0.05, 0.1) is 17.2 Å². The second-order valence-corrected chi connectivity index (χ2v) is 5.23. The van der Waals surface area contributed by atoms with E-state index in [0.717, 1.165) is 48.6 Å². The average molecular weight is 279 g/mol. The lowest BCUT2D eigenvalue weighted by Crippen LogP contribution is -2.43. The van der Waals surface area contributed by atoms with Crippen LogP contribution in [0.5, 0.6) is 0 Å². The number of anilines is 1. The van der Waals surface area contributed by atoms with E-state index in [9.17, 15) is 0 Å². The van der Waals surface area contributed by atoms with Crippen molar-refractivity contribution in [3.8, 4) is 11.4 Å². The van der Waals surface area contributed by atoms with Gasteiger partial charge in [-0.3, -0.25) is 4.98 Å². The molecule has 0 unspecified atom stereocenters. The monoisotopic (exact) mass is 279 g/mol. The summed E-state index contributed by atoms with van der Waals surface area (Å²) in [5.41, 5.74) is 4.32. The first-order valence-corrected chi connectivity index (χ1v) is 7.26. The number of nitrogens with zero attached hydrogens (tertiary/aromatic N) is 3. The number of fused-ring (bicyclic) bond motifs is 1. The van der Waals surface area contributed by atoms with Crippen LogP contribution in [0.3, 0.4) is 0 Å². The van der Waals surface area contributed by atoms with Crippen LogP contribution >= 0.6 is 0 Å². The molecule has 4 rings (SSSR count). The van der Waals surface area contributed by atoms with Crippen molar-refractivity contribution in [3.63, 3.8) is 0 Å². The summed E-state index contributed by atoms with van der Waals surface area (Å²) in [4.78, 5) is 14.6. The summed E-state index contributed by atoms with van der Waals surface area (Å²) < 4.78 is 0. The van der Waals surface area contributed by atoms with Gasteiger partial charge >= 0.3 is 0 Å². The molecule has 1 saturated heterocycles. The number of aromatic amines is 1. The second kappa shape index (κ2) is 5.18. The van der Waals surface area contributed by atoms with Crippen molar-refractivity contribution in [3.05, 3.63) is 42.7 Å². The Morgan fingerprint density at radius 3 is 2.76 bits per heavy atom. The number of rotatable bonds is 2. The van der Waals surface area contributed by atoms with Crippen LogP contribution in [-0.2, 0) is 0 Å². The summed E-state index contributed by atoms with van der Waals surface area (Å²) in [6, 6.07) is 10.4. The molecule has 1 fully saturated rings. The Hall–Kier alpha value is -2.40. The minimum atomic E-state index is 0.909. The second-order valence-electron chi connectivity index (χ2n) is 5.23. The number of pyridine rings is 1. The molecule has 0 amide bonds. The van der Waals surface area contributed by atoms with Crippen LogP contribution in [0.15, 0.2) is 42.7 Å². The molecule has 0 saturated carbocycles. The Balaban J connectivity index is 1.80. The van der Waals surface area contributed by atoms with Gasteiger partial charge in [-0.2, -0.15) is 0 Å². The molecule has 5 nitrogen and oxygen atoms in total. The summed E-state index contributed by atoms with van der Waals surface area (Å²) in [6.07, 6.45) is 3.59. The first kappa shape index (κ1) is 12.3. The van der Waals surface area contributed by atoms with Crippen LogP contribution in [-0.4, -0.2) is 41.1 Å². The molecule has 5 heteroatoms. The van der Waals surface area contributed by atoms with Crippen LogP contribution in [0, 0.1) is 0 Å². The van der Waals surface area contributed by atoms with Crippen LogP contribution in [0.1, 0.15) is 0 Å². The standard InChI is InChI=1S/C16H17N5/c1-2-4-15(21-9-7-17-8-10-21)12(3-1)16-19-13-5-6-18-11-14(13)20-16/h1-6,11,17H,7-10H2,(H,19,20). The van der Waals surface area contributed by atoms with Crippen molar-refractivity contribution in [2.24, 2.45) is 0 Å². The molecule has 1 aliphatic rings. The lowest BCUT2D eigenvalue weighted by molar-refractivity contribution is 0.589. The third-order valence-corrected chi connectivity index (χ3v) is 3.90. The Bertz CT molecular complexity index is 725. The molecule has 1 aromatic carbocycles. The normalized spacial score (nSPS) is 15.5. The highest BCUT2D eigenvalue weighted by atomic mass is 15.2. The van der Waals surface area contributed by atoms with E-state index in [-0.39, 0.29) is 0 Å². The minimum Gasteiger partial charge on any atom is -0.368 e. The van der Waals surface area contributed by atoms with Gasteiger partial charge in [0.2, 0.25) is 0 Å². The number of hydrogen-bond acceptors (Lipinski definition) is 4. The van der Waals surface area contributed by atoms with Gasteiger partial charge in [-0.1, -0.05) is 12.1 Å². The number of nitrogens with one attached hydrogen (secondary N) is 2. The number of benzene rings is 1. The average Bonchev–Trinajstić information content (AvgIpc) is 2.99. The lowest BCUT2D eigenvalue weighted by atomic mass is 10.1. The maximum Gasteiger partial charge on any atom is 0.140 e. The quantitative estimate of drug-likeness (QED) is 0.753. The molecule has 1 aliphatic heterocycles. The molecular formula is C16H17N5. The Morgan fingerprint density at radius 2 is 1.90 bits per heavy atom. The van der Waals surface area contributed by atoms with E-state index in [1.807, 2.05) is 12.3 Å². The SMILES string of the molecule is c1ccc(N2CCNCC2)c(-c2nc3ccncc3[nH]2)c1. The molecule has 0 bridgehead atoms. The summed E-state index contributed by atoms with van der Waals surface area (Å²) >= 11 is 0. The molecule has 2 aromatic heterocycles. The topological polar surface area (TPSA) is 56.8 Å². The van der Waals surface area contributed by atoms with Crippen molar-refractivity contribution < 1.29 is 0 Å². The molecule has 21 heavy (non-hydrogen) atoms. The van der Waals surface area contributed by atoms with E-state index in [2.05, 4.69) is 44.5 Å². The zero-order valence-electron chi connectivity index (χ0n) is 11.7. The highest BCUT2D eigenvalue weighted by molar-refractivity contribution is 5.82. The Labute approximate surface area is 123 Å². The first-order valence-electron chi connectivity index (χ1n) is 7.26. The fourth-order valence-electron chi connectivity index (χ4n) is 2.84. The van der Waals surface area contributed by atoms with E-state index >= 15 is 0 Å². The van der Waals surface area contributed by atoms with Gasteiger partial charge in [-0.25, -0.2) is 4.98 Å². The van der Waals surface area contributed by atoms with E-state index in [1.165, 1.54) is 5.69 Å². The molecule has 0 aliphatic carbocycles. The van der Waals surface area contributed by atoms with E-state index in [1.54, 1.807) is 6.20 Å². The number of piperazine rings is 1. The van der Waals surface area contributed by atoms with Gasteiger partial charge in [0.25, 0.3) is 0 Å². The summed E-state index contributed by atoms with van der Waals surface area (Å²) in [5.74, 6) is 0.909. The van der Waals surface area contributed by atoms with E-state index in [4.69, 9.17) is 4.98 Å². The Kier molecular flexibility index (Phi) is 3.05. The Morgan fingerprint density at radius 1 is 1.05 bits per heavy atom. The molecular weight excluding hydrogens is 262 g/mol. The van der Waals surface area contributed by atoms with Crippen LogP contribution in [0.4, 0.5) is 5.69 Å². The predicted octanol–water partition coefficient (Wildman–Crippen LogP) is 2.03. The third-order valence-electron chi connectivity index (χ3n) is 3.90. The fraction of sp³-hybridized carbons (Fsp3) is 0.250. The summed E-state index contributed by atoms with van der Waals surface area (Å²) in [6.45, 7) is 4.11. The number of para-hydroxylation sites is 1. The van der Waals surface area contributed by atoms with Crippen LogP contribution < -0.4 is 10.2 Å². The maximum absolute atomic E-state index is 4.70. The number of H-pyrrole nitrogens is 1. The molecule has 3 heterocycles. The van der Waals surface area contributed by atoms with Crippen molar-refractivity contribution >= 4 is 16.7 Å². The molecule has 0 radical (unpaired) electrons. The van der Waals surface area contributed by atoms with E-state index in [0.29, 0.717) is 0 Å². The van der Waals surface area contributed by atoms with E-state index < -0.39 is 0 Å². The van der Waals surface area contributed by atoms with Gasteiger partial charge in [-0.15, -0.1) is 0 Å². The van der Waals surface area contributed by atoms with Crippen LogP contribution in [0.2, 0.25) is 0 Å². The van der Waals surface area contributed by atoms with Gasteiger partial charge in [0.1, 0.15) is 5.82 Å². The van der Waals surface area contributed by atoms with Crippen molar-refractivity contribution in [2.45, 2.75) is 0 Å². The van der Waals surface area contributed by atoms with Gasteiger partial charge < -0.3 is 15.2 Å². The number of hydrogen-bond donors (Lipinski definition) is 2. The van der Waals surface area contributed by atoms with Crippen molar-refractivity contribution in [1.82, 2.24) is 20.3 Å².